The number of carboxylic acids is 1. The first kappa shape index (κ1) is 23.5. The molecule has 0 spiro atoms. The van der Waals surface area contributed by atoms with E-state index in [4.69, 9.17) is 0 Å². The molecule has 0 bridgehead atoms. The molecule has 2 N–H and O–H groups in total. The van der Waals surface area contributed by atoms with Crippen molar-refractivity contribution < 1.29 is 15.0 Å². The number of rotatable bonds is 10. The van der Waals surface area contributed by atoms with Crippen LogP contribution in [0.15, 0.2) is 12.1 Å². The van der Waals surface area contributed by atoms with Gasteiger partial charge in [-0.25, -0.2) is 4.79 Å². The van der Waals surface area contributed by atoms with Gasteiger partial charge in [0.15, 0.2) is 0 Å². The van der Waals surface area contributed by atoms with Gasteiger partial charge >= 0.3 is 5.97 Å². The average Bonchev–Trinajstić information content (AvgIpc) is 2.48. The molecule has 1 aromatic rings. The number of phenols is 1. The number of aryl methyl sites for hydroxylation is 1. The smallest absolute Gasteiger partial charge is 0.339 e. The normalized spacial score (nSPS) is 12.6. The molecule has 0 saturated carbocycles. The Hall–Kier alpha value is -1.51. The summed E-state index contributed by atoms with van der Waals surface area (Å²) in [6.07, 6.45) is 7.46. The highest BCUT2D eigenvalue weighted by Crippen LogP contribution is 2.39. The summed E-state index contributed by atoms with van der Waals surface area (Å²) in [6.45, 7) is 15.4. The van der Waals surface area contributed by atoms with Crippen LogP contribution in [0, 0.1) is 11.3 Å². The van der Waals surface area contributed by atoms with Gasteiger partial charge < -0.3 is 10.2 Å². The molecule has 0 fully saturated rings. The van der Waals surface area contributed by atoms with Gasteiger partial charge in [0.25, 0.3) is 0 Å². The van der Waals surface area contributed by atoms with E-state index in [9.17, 15) is 15.0 Å². The van der Waals surface area contributed by atoms with E-state index >= 15 is 0 Å². The lowest BCUT2D eigenvalue weighted by atomic mass is 9.71. The van der Waals surface area contributed by atoms with Crippen LogP contribution in [0.3, 0.4) is 0 Å². The van der Waals surface area contributed by atoms with Crippen LogP contribution < -0.4 is 0 Å². The standard InChI is InChI=1S/C24H40O3/c1-17(2)12-10-8-9-11-13-18-14-19(15-20(21(18)25)22(26)27)24(6,7)16-23(3,4)5/h14-15,17,25H,8-13,16H2,1-7H3,(H,26,27). The first-order chi connectivity index (χ1) is 12.3. The molecule has 0 aliphatic heterocycles. The van der Waals surface area contributed by atoms with Crippen molar-refractivity contribution in [1.29, 1.82) is 0 Å². The average molecular weight is 377 g/mol. The van der Waals surface area contributed by atoms with Crippen LogP contribution in [0.25, 0.3) is 0 Å². The number of carboxylic acid groups (broad SMARTS) is 1. The maximum Gasteiger partial charge on any atom is 0.339 e. The van der Waals surface area contributed by atoms with E-state index in [1.807, 2.05) is 6.07 Å². The molecule has 0 unspecified atom stereocenters. The van der Waals surface area contributed by atoms with Crippen molar-refractivity contribution in [2.24, 2.45) is 11.3 Å². The Morgan fingerprint density at radius 3 is 2.11 bits per heavy atom. The fourth-order valence-electron chi connectivity index (χ4n) is 4.09. The summed E-state index contributed by atoms with van der Waals surface area (Å²) in [4.78, 5) is 11.7. The second kappa shape index (κ2) is 9.61. The number of benzene rings is 1. The topological polar surface area (TPSA) is 57.5 Å². The highest BCUT2D eigenvalue weighted by molar-refractivity contribution is 5.91. The largest absolute Gasteiger partial charge is 0.507 e. The van der Waals surface area contributed by atoms with Crippen molar-refractivity contribution in [3.8, 4) is 5.75 Å². The van der Waals surface area contributed by atoms with Crippen molar-refractivity contribution >= 4 is 5.97 Å². The number of carbonyl (C=O) groups is 1. The summed E-state index contributed by atoms with van der Waals surface area (Å²) in [5.41, 5.74) is 1.80. The van der Waals surface area contributed by atoms with E-state index < -0.39 is 5.97 Å². The third-order valence-electron chi connectivity index (χ3n) is 5.15. The van der Waals surface area contributed by atoms with E-state index in [-0.39, 0.29) is 22.1 Å². The Morgan fingerprint density at radius 2 is 1.59 bits per heavy atom. The summed E-state index contributed by atoms with van der Waals surface area (Å²) in [7, 11) is 0. The number of aromatic carboxylic acids is 1. The molecule has 0 heterocycles. The first-order valence-electron chi connectivity index (χ1n) is 10.4. The number of hydrogen-bond acceptors (Lipinski definition) is 2. The van der Waals surface area contributed by atoms with E-state index in [0.717, 1.165) is 42.7 Å². The van der Waals surface area contributed by atoms with Crippen LogP contribution >= 0.6 is 0 Å². The maximum atomic E-state index is 11.7. The number of unbranched alkanes of at least 4 members (excludes halogenated alkanes) is 3. The third kappa shape index (κ3) is 7.94. The highest BCUT2D eigenvalue weighted by Gasteiger charge is 2.29. The Kier molecular flexibility index (Phi) is 8.38. The Labute approximate surface area is 166 Å². The molecular formula is C24H40O3. The molecule has 0 amide bonds. The number of hydrogen-bond donors (Lipinski definition) is 2. The minimum atomic E-state index is -1.06. The quantitative estimate of drug-likeness (QED) is 0.434. The Morgan fingerprint density at radius 1 is 1.00 bits per heavy atom. The van der Waals surface area contributed by atoms with E-state index in [1.165, 1.54) is 19.3 Å². The summed E-state index contributed by atoms with van der Waals surface area (Å²) in [5.74, 6) is -0.368. The molecule has 1 rings (SSSR count). The van der Waals surface area contributed by atoms with E-state index in [0.29, 0.717) is 0 Å². The lowest BCUT2D eigenvalue weighted by Crippen LogP contribution is -2.25. The molecular weight excluding hydrogens is 336 g/mol. The summed E-state index contributed by atoms with van der Waals surface area (Å²) >= 11 is 0. The highest BCUT2D eigenvalue weighted by atomic mass is 16.4. The van der Waals surface area contributed by atoms with Crippen molar-refractivity contribution in [3.05, 3.63) is 28.8 Å². The summed E-state index contributed by atoms with van der Waals surface area (Å²) < 4.78 is 0. The van der Waals surface area contributed by atoms with Crippen LogP contribution in [0.1, 0.15) is 108 Å². The molecule has 3 heteroatoms. The van der Waals surface area contributed by atoms with Gasteiger partial charge in [0.05, 0.1) is 0 Å². The van der Waals surface area contributed by atoms with Gasteiger partial charge in [0.1, 0.15) is 11.3 Å². The molecule has 0 aliphatic carbocycles. The fourth-order valence-corrected chi connectivity index (χ4v) is 4.09. The number of aromatic hydroxyl groups is 1. The van der Waals surface area contributed by atoms with Crippen LogP contribution in [0.4, 0.5) is 0 Å². The van der Waals surface area contributed by atoms with Gasteiger partial charge in [0, 0.05) is 0 Å². The zero-order valence-corrected chi connectivity index (χ0v) is 18.5. The zero-order valence-electron chi connectivity index (χ0n) is 18.5. The second-order valence-corrected chi connectivity index (χ2v) is 10.3. The third-order valence-corrected chi connectivity index (χ3v) is 5.15. The zero-order chi connectivity index (χ0) is 20.8. The fraction of sp³-hybridized carbons (Fsp3) is 0.708. The molecule has 3 nitrogen and oxygen atoms in total. The summed E-state index contributed by atoms with van der Waals surface area (Å²) in [5, 5.41) is 20.0. The lowest BCUT2D eigenvalue weighted by molar-refractivity contribution is 0.0693. The summed E-state index contributed by atoms with van der Waals surface area (Å²) in [6, 6.07) is 3.69. The first-order valence-corrected chi connectivity index (χ1v) is 10.4. The SMILES string of the molecule is CC(C)CCCCCCc1cc(C(C)(C)CC(C)(C)C)cc(C(=O)O)c1O. The molecule has 0 atom stereocenters. The van der Waals surface area contributed by atoms with Gasteiger partial charge in [-0.15, -0.1) is 0 Å². The predicted molar refractivity (Wildman–Crippen MR) is 114 cm³/mol. The Bertz CT molecular complexity index is 621. The maximum absolute atomic E-state index is 11.7. The minimum Gasteiger partial charge on any atom is -0.507 e. The second-order valence-electron chi connectivity index (χ2n) is 10.3. The van der Waals surface area contributed by atoms with Gasteiger partial charge in [0.2, 0.25) is 0 Å². The molecule has 27 heavy (non-hydrogen) atoms. The van der Waals surface area contributed by atoms with Crippen LogP contribution in [0.5, 0.6) is 5.75 Å². The van der Waals surface area contributed by atoms with Gasteiger partial charge in [-0.1, -0.05) is 80.2 Å². The van der Waals surface area contributed by atoms with Crippen molar-refractivity contribution in [3.63, 3.8) is 0 Å². The van der Waals surface area contributed by atoms with Crippen molar-refractivity contribution in [2.45, 2.75) is 98.8 Å². The van der Waals surface area contributed by atoms with Crippen molar-refractivity contribution in [2.75, 3.05) is 0 Å². The van der Waals surface area contributed by atoms with Gasteiger partial charge in [-0.3, -0.25) is 0 Å². The van der Waals surface area contributed by atoms with Crippen LogP contribution in [-0.4, -0.2) is 16.2 Å². The molecule has 1 aromatic carbocycles. The minimum absolute atomic E-state index is 0.0318. The lowest BCUT2D eigenvalue weighted by Gasteiger charge is -2.33. The molecule has 0 radical (unpaired) electrons. The van der Waals surface area contributed by atoms with Gasteiger partial charge in [-0.05, 0) is 53.2 Å². The predicted octanol–water partition coefficient (Wildman–Crippen LogP) is 6.95. The monoisotopic (exact) mass is 376 g/mol. The Balaban J connectivity index is 2.97. The molecule has 0 aromatic heterocycles. The van der Waals surface area contributed by atoms with Crippen molar-refractivity contribution in [1.82, 2.24) is 0 Å². The van der Waals surface area contributed by atoms with Gasteiger partial charge in [-0.2, -0.15) is 0 Å². The van der Waals surface area contributed by atoms with Crippen LogP contribution in [0.2, 0.25) is 0 Å². The van der Waals surface area contributed by atoms with Crippen LogP contribution in [-0.2, 0) is 11.8 Å². The molecule has 0 saturated heterocycles. The van der Waals surface area contributed by atoms with E-state index in [2.05, 4.69) is 48.5 Å². The van der Waals surface area contributed by atoms with E-state index in [1.54, 1.807) is 6.07 Å². The molecule has 154 valence electrons. The molecule has 0 aliphatic rings.